The summed E-state index contributed by atoms with van der Waals surface area (Å²) in [7, 11) is 1.51. The molecular formula is C24H33N3O5. The second kappa shape index (κ2) is 12.6. The number of methoxy groups -OCH3 is 1. The lowest BCUT2D eigenvalue weighted by atomic mass is 10.1. The number of aliphatic hydroxyl groups is 1. The van der Waals surface area contributed by atoms with Crippen LogP contribution in [0, 0.1) is 5.92 Å². The van der Waals surface area contributed by atoms with Crippen molar-refractivity contribution in [2.24, 2.45) is 11.7 Å². The second-order valence-corrected chi connectivity index (χ2v) is 7.93. The van der Waals surface area contributed by atoms with Crippen LogP contribution in [0.4, 0.5) is 10.5 Å². The summed E-state index contributed by atoms with van der Waals surface area (Å²) < 4.78 is 11.3. The molecular weight excluding hydrogens is 410 g/mol. The maximum absolute atomic E-state index is 12.7. The van der Waals surface area contributed by atoms with Gasteiger partial charge in [-0.3, -0.25) is 4.79 Å². The van der Waals surface area contributed by atoms with Gasteiger partial charge in [-0.25, -0.2) is 4.79 Å². The molecule has 0 saturated heterocycles. The molecule has 3 amide bonds. The molecule has 0 spiro atoms. The van der Waals surface area contributed by atoms with Gasteiger partial charge in [0.2, 0.25) is 5.91 Å². The number of primary amides is 1. The minimum Gasteiger partial charge on any atom is -0.493 e. The summed E-state index contributed by atoms with van der Waals surface area (Å²) >= 11 is 0. The van der Waals surface area contributed by atoms with Gasteiger partial charge in [0.25, 0.3) is 0 Å². The van der Waals surface area contributed by atoms with Gasteiger partial charge in [-0.1, -0.05) is 44.2 Å². The van der Waals surface area contributed by atoms with Crippen molar-refractivity contribution in [3.8, 4) is 11.5 Å². The minimum absolute atomic E-state index is 0.0816. The largest absolute Gasteiger partial charge is 0.493 e. The van der Waals surface area contributed by atoms with E-state index in [0.717, 1.165) is 18.4 Å². The van der Waals surface area contributed by atoms with Gasteiger partial charge in [0.15, 0.2) is 11.5 Å². The molecule has 2 rings (SSSR count). The van der Waals surface area contributed by atoms with E-state index < -0.39 is 18.0 Å². The summed E-state index contributed by atoms with van der Waals surface area (Å²) in [5.74, 6) is 0.942. The molecule has 0 heterocycles. The number of urea groups is 1. The van der Waals surface area contributed by atoms with Crippen LogP contribution in [0.15, 0.2) is 42.5 Å². The highest BCUT2D eigenvalue weighted by Crippen LogP contribution is 2.34. The highest BCUT2D eigenvalue weighted by Gasteiger charge is 2.18. The lowest BCUT2D eigenvalue weighted by Crippen LogP contribution is -2.34. The Labute approximate surface area is 189 Å². The van der Waals surface area contributed by atoms with Crippen LogP contribution in [-0.4, -0.2) is 37.4 Å². The van der Waals surface area contributed by atoms with Gasteiger partial charge < -0.3 is 30.9 Å². The number of aliphatic hydroxyl groups excluding tert-OH is 1. The van der Waals surface area contributed by atoms with Crippen molar-refractivity contribution in [2.75, 3.05) is 25.6 Å². The van der Waals surface area contributed by atoms with E-state index in [1.165, 1.54) is 7.11 Å². The maximum atomic E-state index is 12.7. The number of carbonyl (C=O) groups is 2. The molecule has 0 aliphatic rings. The number of anilines is 1. The molecule has 174 valence electrons. The highest BCUT2D eigenvalue weighted by molar-refractivity contribution is 5.92. The average Bonchev–Trinajstić information content (AvgIpc) is 2.76. The molecule has 0 radical (unpaired) electrons. The molecule has 8 nitrogen and oxygen atoms in total. The molecule has 5 N–H and O–H groups in total. The molecule has 0 aliphatic heterocycles. The quantitative estimate of drug-likeness (QED) is 0.375. The van der Waals surface area contributed by atoms with Gasteiger partial charge in [0.1, 0.15) is 0 Å². The average molecular weight is 444 g/mol. The van der Waals surface area contributed by atoms with Gasteiger partial charge in [0.05, 0.1) is 38.5 Å². The fourth-order valence-corrected chi connectivity index (χ4v) is 3.23. The lowest BCUT2D eigenvalue weighted by Gasteiger charge is -2.20. The molecule has 0 unspecified atom stereocenters. The molecule has 0 aromatic heterocycles. The first kappa shape index (κ1) is 25.0. The standard InChI is InChI=1S/C24H33N3O5/c1-16(2)8-7-11-32-22-14-19(18(13-23(25)29)12-21(22)31-3)26-24(30)27-20(15-28)17-9-5-4-6-10-17/h4-6,9-10,12,14,16,20,28H,7-8,11,13,15H2,1-3H3,(H2,25,29)(H2,26,27,30)/t20-/m0/s1. The molecule has 2 aromatic carbocycles. The molecule has 0 aliphatic carbocycles. The molecule has 0 fully saturated rings. The third-order valence-electron chi connectivity index (χ3n) is 4.88. The Balaban J connectivity index is 2.21. The van der Waals surface area contributed by atoms with E-state index in [2.05, 4.69) is 24.5 Å². The Morgan fingerprint density at radius 1 is 1.12 bits per heavy atom. The van der Waals surface area contributed by atoms with Gasteiger partial charge >= 0.3 is 6.03 Å². The van der Waals surface area contributed by atoms with Crippen molar-refractivity contribution in [3.05, 3.63) is 53.6 Å². The summed E-state index contributed by atoms with van der Waals surface area (Å²) in [5, 5.41) is 15.2. The smallest absolute Gasteiger partial charge is 0.319 e. The van der Waals surface area contributed by atoms with Crippen LogP contribution in [0.2, 0.25) is 0 Å². The zero-order valence-corrected chi connectivity index (χ0v) is 18.9. The number of nitrogens with two attached hydrogens (primary N) is 1. The third-order valence-corrected chi connectivity index (χ3v) is 4.88. The van der Waals surface area contributed by atoms with E-state index in [4.69, 9.17) is 15.2 Å². The van der Waals surface area contributed by atoms with Crippen LogP contribution >= 0.6 is 0 Å². The minimum atomic E-state index is -0.583. The first-order valence-electron chi connectivity index (χ1n) is 10.7. The van der Waals surface area contributed by atoms with Crippen molar-refractivity contribution in [1.82, 2.24) is 5.32 Å². The molecule has 32 heavy (non-hydrogen) atoms. The van der Waals surface area contributed by atoms with Crippen molar-refractivity contribution in [1.29, 1.82) is 0 Å². The Hall–Kier alpha value is -3.26. The first-order valence-corrected chi connectivity index (χ1v) is 10.7. The Morgan fingerprint density at radius 3 is 2.44 bits per heavy atom. The van der Waals surface area contributed by atoms with Crippen LogP contribution in [0.25, 0.3) is 0 Å². The van der Waals surface area contributed by atoms with Crippen LogP contribution < -0.4 is 25.8 Å². The summed E-state index contributed by atoms with van der Waals surface area (Å²) in [5.41, 5.74) is 7.04. The topological polar surface area (TPSA) is 123 Å². The maximum Gasteiger partial charge on any atom is 0.319 e. The van der Waals surface area contributed by atoms with Crippen molar-refractivity contribution < 1.29 is 24.2 Å². The van der Waals surface area contributed by atoms with Gasteiger partial charge in [-0.15, -0.1) is 0 Å². The number of amides is 3. The molecule has 0 saturated carbocycles. The van der Waals surface area contributed by atoms with Crippen molar-refractivity contribution in [2.45, 2.75) is 39.2 Å². The molecule has 1 atom stereocenters. The monoisotopic (exact) mass is 443 g/mol. The van der Waals surface area contributed by atoms with Gasteiger partial charge in [-0.2, -0.15) is 0 Å². The number of carbonyl (C=O) groups excluding carboxylic acids is 2. The van der Waals surface area contributed by atoms with Crippen molar-refractivity contribution >= 4 is 17.6 Å². The number of nitrogens with one attached hydrogen (secondary N) is 2. The second-order valence-electron chi connectivity index (χ2n) is 7.93. The lowest BCUT2D eigenvalue weighted by molar-refractivity contribution is -0.117. The van der Waals surface area contributed by atoms with E-state index in [-0.39, 0.29) is 13.0 Å². The van der Waals surface area contributed by atoms with Crippen molar-refractivity contribution in [3.63, 3.8) is 0 Å². The van der Waals surface area contributed by atoms with Crippen LogP contribution in [0.1, 0.15) is 43.9 Å². The van der Waals surface area contributed by atoms with E-state index in [1.54, 1.807) is 12.1 Å². The summed E-state index contributed by atoms with van der Waals surface area (Å²) in [6.45, 7) is 4.53. The Kier molecular flexibility index (Phi) is 9.81. The Morgan fingerprint density at radius 2 is 1.84 bits per heavy atom. The first-order chi connectivity index (χ1) is 15.3. The van der Waals surface area contributed by atoms with Crippen LogP contribution in [0.3, 0.4) is 0 Å². The zero-order valence-electron chi connectivity index (χ0n) is 18.9. The molecule has 2 aromatic rings. The van der Waals surface area contributed by atoms with Gasteiger partial charge in [-0.05, 0) is 36.0 Å². The zero-order chi connectivity index (χ0) is 23.5. The normalized spacial score (nSPS) is 11.7. The number of ether oxygens (including phenoxy) is 2. The number of benzene rings is 2. The van der Waals surface area contributed by atoms with Crippen LogP contribution in [-0.2, 0) is 11.2 Å². The summed E-state index contributed by atoms with van der Waals surface area (Å²) in [6.07, 6.45) is 1.82. The summed E-state index contributed by atoms with van der Waals surface area (Å²) in [4.78, 5) is 24.2. The van der Waals surface area contributed by atoms with E-state index in [9.17, 15) is 14.7 Å². The van der Waals surface area contributed by atoms with E-state index in [0.29, 0.717) is 35.3 Å². The fourth-order valence-electron chi connectivity index (χ4n) is 3.23. The highest BCUT2D eigenvalue weighted by atomic mass is 16.5. The van der Waals surface area contributed by atoms with Crippen LogP contribution in [0.5, 0.6) is 11.5 Å². The Bertz CT molecular complexity index is 887. The third kappa shape index (κ3) is 7.77. The molecule has 0 bridgehead atoms. The number of hydrogen-bond donors (Lipinski definition) is 4. The number of hydrogen-bond acceptors (Lipinski definition) is 5. The van der Waals surface area contributed by atoms with E-state index in [1.807, 2.05) is 30.3 Å². The summed E-state index contributed by atoms with van der Waals surface area (Å²) in [6, 6.07) is 11.3. The predicted octanol–water partition coefficient (Wildman–Crippen LogP) is 3.39. The SMILES string of the molecule is COc1cc(CC(N)=O)c(NC(=O)N[C@@H](CO)c2ccccc2)cc1OCCCC(C)C. The number of rotatable bonds is 12. The van der Waals surface area contributed by atoms with Gasteiger partial charge in [0, 0.05) is 6.07 Å². The molecule has 8 heteroatoms. The predicted molar refractivity (Wildman–Crippen MR) is 124 cm³/mol. The fraction of sp³-hybridized carbons (Fsp3) is 0.417. The van der Waals surface area contributed by atoms with E-state index >= 15 is 0 Å².